The largest absolute Gasteiger partial charge is 0.351 e. The molecule has 0 heterocycles. The summed E-state index contributed by atoms with van der Waals surface area (Å²) in [6.07, 6.45) is 0.769. The third kappa shape index (κ3) is 3.06. The summed E-state index contributed by atoms with van der Waals surface area (Å²) >= 11 is 0. The first-order chi connectivity index (χ1) is 7.98. The molecule has 0 bridgehead atoms. The van der Waals surface area contributed by atoms with E-state index in [1.54, 1.807) is 6.07 Å². The minimum atomic E-state index is -3.92. The van der Waals surface area contributed by atoms with Crippen LogP contribution in [0.3, 0.4) is 0 Å². The van der Waals surface area contributed by atoms with Crippen LogP contribution in [-0.2, 0) is 9.84 Å². The molecule has 0 saturated carbocycles. The lowest BCUT2D eigenvalue weighted by Gasteiger charge is -2.02. The van der Waals surface area contributed by atoms with E-state index in [9.17, 15) is 13.2 Å². The summed E-state index contributed by atoms with van der Waals surface area (Å²) in [6.45, 7) is 0. The Balaban J connectivity index is 3.18. The van der Waals surface area contributed by atoms with E-state index >= 15 is 0 Å². The molecular weight excluding hydrogens is 242 g/mol. The van der Waals surface area contributed by atoms with Crippen molar-refractivity contribution in [3.63, 3.8) is 0 Å². The van der Waals surface area contributed by atoms with Gasteiger partial charge in [-0.15, -0.1) is 0 Å². The molecule has 0 radical (unpaired) electrons. The number of benzene rings is 1. The standard InChI is InChI=1S/C10H9N3O3S/c11-6-9(7-13-10(12)14)17(15,16)8-4-2-1-3-5-8/h1-5,7H,(H3,12,13,14)/b9-7+. The number of hydrogen-bond acceptors (Lipinski definition) is 4. The molecule has 0 aliphatic heterocycles. The van der Waals surface area contributed by atoms with Crippen molar-refractivity contribution >= 4 is 15.9 Å². The lowest BCUT2D eigenvalue weighted by molar-refractivity contribution is 0.252. The zero-order valence-electron chi connectivity index (χ0n) is 8.62. The Hall–Kier alpha value is -2.33. The van der Waals surface area contributed by atoms with Gasteiger partial charge in [-0.05, 0) is 12.1 Å². The van der Waals surface area contributed by atoms with Gasteiger partial charge in [0.05, 0.1) is 4.90 Å². The second kappa shape index (κ2) is 5.14. The number of rotatable bonds is 3. The number of sulfone groups is 1. The predicted octanol–water partition coefficient (Wildman–Crippen LogP) is 0.494. The van der Waals surface area contributed by atoms with Gasteiger partial charge in [0.15, 0.2) is 4.91 Å². The summed E-state index contributed by atoms with van der Waals surface area (Å²) in [7, 11) is -3.92. The average Bonchev–Trinajstić information content (AvgIpc) is 2.30. The molecule has 0 aromatic heterocycles. The van der Waals surface area contributed by atoms with Gasteiger partial charge in [-0.3, -0.25) is 0 Å². The Morgan fingerprint density at radius 3 is 2.41 bits per heavy atom. The van der Waals surface area contributed by atoms with Crippen molar-refractivity contribution in [1.82, 2.24) is 5.32 Å². The van der Waals surface area contributed by atoms with Crippen molar-refractivity contribution in [2.75, 3.05) is 0 Å². The van der Waals surface area contributed by atoms with Gasteiger partial charge in [0, 0.05) is 6.20 Å². The molecule has 0 aliphatic rings. The first-order valence-corrected chi connectivity index (χ1v) is 5.93. The van der Waals surface area contributed by atoms with Gasteiger partial charge in [-0.2, -0.15) is 5.26 Å². The Kier molecular flexibility index (Phi) is 3.85. The number of carbonyl (C=O) groups excluding carboxylic acids is 1. The zero-order chi connectivity index (χ0) is 12.9. The van der Waals surface area contributed by atoms with Gasteiger partial charge in [-0.1, -0.05) is 18.2 Å². The number of urea groups is 1. The van der Waals surface area contributed by atoms with Crippen LogP contribution in [0.25, 0.3) is 0 Å². The molecule has 0 saturated heterocycles. The molecule has 6 nitrogen and oxygen atoms in total. The lowest BCUT2D eigenvalue weighted by atomic mass is 10.4. The normalized spacial score (nSPS) is 11.6. The SMILES string of the molecule is N#C/C(=C\NC(N)=O)S(=O)(=O)c1ccccc1. The van der Waals surface area contributed by atoms with Crippen molar-refractivity contribution in [2.24, 2.45) is 5.73 Å². The third-order valence-electron chi connectivity index (χ3n) is 1.80. The van der Waals surface area contributed by atoms with E-state index in [0.717, 1.165) is 6.20 Å². The van der Waals surface area contributed by atoms with Gasteiger partial charge in [-0.25, -0.2) is 13.2 Å². The number of nitrogens with one attached hydrogen (secondary N) is 1. The average molecular weight is 251 g/mol. The quantitative estimate of drug-likeness (QED) is 0.761. The number of allylic oxidation sites excluding steroid dienone is 1. The van der Waals surface area contributed by atoms with E-state index in [-0.39, 0.29) is 4.90 Å². The van der Waals surface area contributed by atoms with Gasteiger partial charge < -0.3 is 11.1 Å². The molecular formula is C10H9N3O3S. The summed E-state index contributed by atoms with van der Waals surface area (Å²) < 4.78 is 23.8. The van der Waals surface area contributed by atoms with Crippen LogP contribution in [0.5, 0.6) is 0 Å². The fourth-order valence-electron chi connectivity index (χ4n) is 1.03. The molecule has 1 aromatic carbocycles. The van der Waals surface area contributed by atoms with Crippen LogP contribution in [0.2, 0.25) is 0 Å². The number of nitrogens with zero attached hydrogens (tertiary/aromatic N) is 1. The summed E-state index contributed by atoms with van der Waals surface area (Å²) in [5.74, 6) is 0. The molecule has 7 heteroatoms. The third-order valence-corrected chi connectivity index (χ3v) is 3.48. The van der Waals surface area contributed by atoms with E-state index in [0.29, 0.717) is 0 Å². The highest BCUT2D eigenvalue weighted by molar-refractivity contribution is 7.95. The maximum atomic E-state index is 11.9. The smallest absolute Gasteiger partial charge is 0.316 e. The molecule has 1 aromatic rings. The molecule has 0 aliphatic carbocycles. The Labute approximate surface area is 98.3 Å². The second-order valence-electron chi connectivity index (χ2n) is 2.95. The topological polar surface area (TPSA) is 113 Å². The van der Waals surface area contributed by atoms with E-state index in [1.807, 2.05) is 5.32 Å². The van der Waals surface area contributed by atoms with Crippen molar-refractivity contribution in [3.05, 3.63) is 41.4 Å². The zero-order valence-corrected chi connectivity index (χ0v) is 9.44. The highest BCUT2D eigenvalue weighted by Gasteiger charge is 2.20. The summed E-state index contributed by atoms with van der Waals surface area (Å²) in [5, 5.41) is 10.7. The molecule has 0 spiro atoms. The minimum Gasteiger partial charge on any atom is -0.351 e. The van der Waals surface area contributed by atoms with Crippen molar-refractivity contribution < 1.29 is 13.2 Å². The van der Waals surface area contributed by atoms with E-state index in [1.165, 1.54) is 30.3 Å². The maximum absolute atomic E-state index is 11.9. The lowest BCUT2D eigenvalue weighted by Crippen LogP contribution is -2.25. The molecule has 17 heavy (non-hydrogen) atoms. The van der Waals surface area contributed by atoms with Crippen LogP contribution in [0.4, 0.5) is 4.79 Å². The van der Waals surface area contributed by atoms with Crippen molar-refractivity contribution in [2.45, 2.75) is 4.90 Å². The molecule has 0 fully saturated rings. The molecule has 3 N–H and O–H groups in total. The predicted molar refractivity (Wildman–Crippen MR) is 60.0 cm³/mol. The van der Waals surface area contributed by atoms with E-state index in [4.69, 9.17) is 11.0 Å². The summed E-state index contributed by atoms with van der Waals surface area (Å²) in [5.41, 5.74) is 4.78. The Morgan fingerprint density at radius 1 is 1.35 bits per heavy atom. The number of nitriles is 1. The summed E-state index contributed by atoms with van der Waals surface area (Å²) in [4.78, 5) is 9.84. The highest BCUT2D eigenvalue weighted by atomic mass is 32.2. The van der Waals surface area contributed by atoms with Crippen LogP contribution in [0.15, 0.2) is 46.3 Å². The van der Waals surface area contributed by atoms with E-state index < -0.39 is 20.8 Å². The fourth-order valence-corrected chi connectivity index (χ4v) is 2.14. The van der Waals surface area contributed by atoms with Crippen LogP contribution in [0, 0.1) is 11.3 Å². The van der Waals surface area contributed by atoms with Crippen LogP contribution < -0.4 is 11.1 Å². The highest BCUT2D eigenvalue weighted by Crippen LogP contribution is 2.17. The number of primary amides is 1. The number of carbonyl (C=O) groups is 1. The number of hydrogen-bond donors (Lipinski definition) is 2. The monoisotopic (exact) mass is 251 g/mol. The van der Waals surface area contributed by atoms with Crippen molar-refractivity contribution in [3.8, 4) is 6.07 Å². The van der Waals surface area contributed by atoms with Gasteiger partial charge in [0.1, 0.15) is 6.07 Å². The summed E-state index contributed by atoms with van der Waals surface area (Å²) in [6, 6.07) is 7.97. The molecule has 88 valence electrons. The first-order valence-electron chi connectivity index (χ1n) is 4.45. The minimum absolute atomic E-state index is 0.0286. The second-order valence-corrected chi connectivity index (χ2v) is 4.86. The fraction of sp³-hybridized carbons (Fsp3) is 0. The van der Waals surface area contributed by atoms with Crippen LogP contribution >= 0.6 is 0 Å². The van der Waals surface area contributed by atoms with E-state index in [2.05, 4.69) is 0 Å². The van der Waals surface area contributed by atoms with Crippen LogP contribution in [0.1, 0.15) is 0 Å². The van der Waals surface area contributed by atoms with Gasteiger partial charge in [0.2, 0.25) is 9.84 Å². The number of amides is 2. The Morgan fingerprint density at radius 2 is 1.94 bits per heavy atom. The molecule has 1 rings (SSSR count). The molecule has 2 amide bonds. The van der Waals surface area contributed by atoms with Gasteiger partial charge >= 0.3 is 6.03 Å². The first kappa shape index (κ1) is 12.7. The van der Waals surface area contributed by atoms with Crippen LogP contribution in [-0.4, -0.2) is 14.4 Å². The molecule has 0 unspecified atom stereocenters. The molecule has 0 atom stereocenters. The van der Waals surface area contributed by atoms with Gasteiger partial charge in [0.25, 0.3) is 0 Å². The van der Waals surface area contributed by atoms with Crippen molar-refractivity contribution in [1.29, 1.82) is 5.26 Å². The maximum Gasteiger partial charge on any atom is 0.316 e. The Bertz CT molecular complexity index is 585. The number of nitrogens with two attached hydrogens (primary N) is 1.